The van der Waals surface area contributed by atoms with Crippen molar-refractivity contribution in [1.82, 2.24) is 5.32 Å². The van der Waals surface area contributed by atoms with Gasteiger partial charge in [0.25, 0.3) is 0 Å². The zero-order valence-electron chi connectivity index (χ0n) is 16.9. The summed E-state index contributed by atoms with van der Waals surface area (Å²) >= 11 is 0. The SMILES string of the molecule is O=C(O)CCCCCNC(=O)/C=C/c1ccc2c(c1)CCC2Nc1ccc(F)cc1. The molecule has 0 saturated carbocycles. The summed E-state index contributed by atoms with van der Waals surface area (Å²) in [4.78, 5) is 22.4. The van der Waals surface area contributed by atoms with E-state index in [2.05, 4.69) is 22.8 Å². The van der Waals surface area contributed by atoms with Gasteiger partial charge in [-0.05, 0) is 72.7 Å². The molecule has 3 rings (SSSR count). The van der Waals surface area contributed by atoms with Gasteiger partial charge in [-0.2, -0.15) is 0 Å². The molecule has 6 heteroatoms. The van der Waals surface area contributed by atoms with Gasteiger partial charge in [0.05, 0.1) is 6.04 Å². The number of carboxylic acid groups (broad SMARTS) is 1. The molecule has 0 fully saturated rings. The highest BCUT2D eigenvalue weighted by molar-refractivity contribution is 5.91. The van der Waals surface area contributed by atoms with Gasteiger partial charge in [0.2, 0.25) is 5.91 Å². The van der Waals surface area contributed by atoms with E-state index in [4.69, 9.17) is 5.11 Å². The summed E-state index contributed by atoms with van der Waals surface area (Å²) < 4.78 is 13.1. The summed E-state index contributed by atoms with van der Waals surface area (Å²) in [6.07, 6.45) is 7.63. The van der Waals surface area contributed by atoms with Gasteiger partial charge in [0.1, 0.15) is 5.82 Å². The van der Waals surface area contributed by atoms with Crippen molar-refractivity contribution >= 4 is 23.6 Å². The largest absolute Gasteiger partial charge is 0.481 e. The summed E-state index contributed by atoms with van der Waals surface area (Å²) in [5.41, 5.74) is 4.38. The Bertz CT molecular complexity index is 909. The number of rotatable bonds is 10. The lowest BCUT2D eigenvalue weighted by atomic mass is 10.0. The fourth-order valence-corrected chi connectivity index (χ4v) is 3.66. The van der Waals surface area contributed by atoms with Crippen molar-refractivity contribution in [2.24, 2.45) is 0 Å². The van der Waals surface area contributed by atoms with Crippen LogP contribution < -0.4 is 10.6 Å². The van der Waals surface area contributed by atoms with Gasteiger partial charge in [-0.3, -0.25) is 9.59 Å². The molecule has 1 aliphatic rings. The Morgan fingerprint density at radius 2 is 1.90 bits per heavy atom. The predicted octanol–water partition coefficient (Wildman–Crippen LogP) is 4.70. The first kappa shape index (κ1) is 21.6. The van der Waals surface area contributed by atoms with E-state index < -0.39 is 5.97 Å². The molecule has 0 heterocycles. The third kappa shape index (κ3) is 6.44. The van der Waals surface area contributed by atoms with Gasteiger partial charge in [-0.15, -0.1) is 0 Å². The summed E-state index contributed by atoms with van der Waals surface area (Å²) in [6.45, 7) is 0.545. The van der Waals surface area contributed by atoms with Crippen molar-refractivity contribution in [1.29, 1.82) is 0 Å². The molecular formula is C24H27FN2O3. The Morgan fingerprint density at radius 1 is 1.10 bits per heavy atom. The first-order valence-corrected chi connectivity index (χ1v) is 10.3. The molecule has 1 amide bonds. The van der Waals surface area contributed by atoms with Gasteiger partial charge < -0.3 is 15.7 Å². The average molecular weight is 410 g/mol. The second kappa shape index (κ2) is 10.6. The highest BCUT2D eigenvalue weighted by Crippen LogP contribution is 2.34. The molecule has 5 nitrogen and oxygen atoms in total. The molecule has 0 bridgehead atoms. The average Bonchev–Trinajstić information content (AvgIpc) is 3.12. The van der Waals surface area contributed by atoms with Crippen molar-refractivity contribution in [3.63, 3.8) is 0 Å². The number of hydrogen-bond donors (Lipinski definition) is 3. The van der Waals surface area contributed by atoms with E-state index in [9.17, 15) is 14.0 Å². The van der Waals surface area contributed by atoms with Crippen LogP contribution in [0.2, 0.25) is 0 Å². The monoisotopic (exact) mass is 410 g/mol. The smallest absolute Gasteiger partial charge is 0.303 e. The van der Waals surface area contributed by atoms with E-state index in [0.717, 1.165) is 36.9 Å². The maximum Gasteiger partial charge on any atom is 0.303 e. The molecule has 0 aromatic heterocycles. The van der Waals surface area contributed by atoms with Crippen LogP contribution in [0, 0.1) is 5.82 Å². The molecule has 1 unspecified atom stereocenters. The van der Waals surface area contributed by atoms with E-state index in [-0.39, 0.29) is 24.2 Å². The first-order valence-electron chi connectivity index (χ1n) is 10.3. The highest BCUT2D eigenvalue weighted by Gasteiger charge is 2.22. The number of nitrogens with one attached hydrogen (secondary N) is 2. The third-order valence-corrected chi connectivity index (χ3v) is 5.22. The molecule has 0 saturated heterocycles. The maximum atomic E-state index is 13.1. The number of aliphatic carboxylic acids is 1. The third-order valence-electron chi connectivity index (χ3n) is 5.22. The van der Waals surface area contributed by atoms with Crippen molar-refractivity contribution < 1.29 is 19.1 Å². The molecule has 0 aliphatic heterocycles. The Labute approximate surface area is 176 Å². The lowest BCUT2D eigenvalue weighted by Gasteiger charge is -2.15. The zero-order chi connectivity index (χ0) is 21.3. The molecular weight excluding hydrogens is 383 g/mol. The number of carboxylic acids is 1. The van der Waals surface area contributed by atoms with Gasteiger partial charge in [-0.25, -0.2) is 4.39 Å². The molecule has 0 spiro atoms. The standard InChI is InChI=1S/C24H27FN2O3/c25-19-8-10-20(11-9-19)27-22-13-7-18-16-17(5-12-21(18)22)6-14-23(28)26-15-3-1-2-4-24(29)30/h5-6,8-12,14,16,22,27H,1-4,7,13,15H2,(H,26,28)(H,29,30)/b14-6+. The van der Waals surface area contributed by atoms with Crippen LogP contribution in [-0.2, 0) is 16.0 Å². The molecule has 2 aromatic rings. The molecule has 3 N–H and O–H groups in total. The zero-order valence-corrected chi connectivity index (χ0v) is 16.9. The van der Waals surface area contributed by atoms with Crippen molar-refractivity contribution in [3.05, 3.63) is 71.0 Å². The van der Waals surface area contributed by atoms with Crippen LogP contribution in [0.15, 0.2) is 48.5 Å². The van der Waals surface area contributed by atoms with Crippen molar-refractivity contribution in [2.45, 2.75) is 44.6 Å². The molecule has 0 radical (unpaired) electrons. The quantitative estimate of drug-likeness (QED) is 0.392. The summed E-state index contributed by atoms with van der Waals surface area (Å²) in [6, 6.07) is 12.8. The van der Waals surface area contributed by atoms with Gasteiger partial charge in [0.15, 0.2) is 0 Å². The predicted molar refractivity (Wildman–Crippen MR) is 116 cm³/mol. The van der Waals surface area contributed by atoms with Crippen molar-refractivity contribution in [2.75, 3.05) is 11.9 Å². The highest BCUT2D eigenvalue weighted by atomic mass is 19.1. The molecule has 30 heavy (non-hydrogen) atoms. The Kier molecular flexibility index (Phi) is 7.60. The van der Waals surface area contributed by atoms with E-state index in [1.54, 1.807) is 18.2 Å². The molecule has 2 aromatic carbocycles. The van der Waals surface area contributed by atoms with Gasteiger partial charge in [0, 0.05) is 24.7 Å². The van der Waals surface area contributed by atoms with Crippen LogP contribution in [-0.4, -0.2) is 23.5 Å². The number of hydrogen-bond acceptors (Lipinski definition) is 3. The number of aryl methyl sites for hydroxylation is 1. The minimum absolute atomic E-state index is 0.149. The number of anilines is 1. The van der Waals surface area contributed by atoms with E-state index >= 15 is 0 Å². The number of carbonyl (C=O) groups is 2. The van der Waals surface area contributed by atoms with Crippen LogP contribution in [0.5, 0.6) is 0 Å². The number of fused-ring (bicyclic) bond motifs is 1. The number of unbranched alkanes of at least 4 members (excludes halogenated alkanes) is 2. The van der Waals surface area contributed by atoms with Gasteiger partial charge >= 0.3 is 5.97 Å². The van der Waals surface area contributed by atoms with Crippen LogP contribution in [0.1, 0.15) is 54.8 Å². The van der Waals surface area contributed by atoms with Crippen LogP contribution in [0.4, 0.5) is 10.1 Å². The Morgan fingerprint density at radius 3 is 2.67 bits per heavy atom. The van der Waals surface area contributed by atoms with Gasteiger partial charge in [-0.1, -0.05) is 24.6 Å². The normalized spacial score (nSPS) is 15.2. The lowest BCUT2D eigenvalue weighted by molar-refractivity contribution is -0.137. The topological polar surface area (TPSA) is 78.4 Å². The Balaban J connectivity index is 1.47. The summed E-state index contributed by atoms with van der Waals surface area (Å²) in [5, 5.41) is 14.9. The van der Waals surface area contributed by atoms with Crippen LogP contribution >= 0.6 is 0 Å². The van der Waals surface area contributed by atoms with E-state index in [0.29, 0.717) is 13.0 Å². The van der Waals surface area contributed by atoms with Crippen LogP contribution in [0.25, 0.3) is 6.08 Å². The second-order valence-electron chi connectivity index (χ2n) is 7.53. The van der Waals surface area contributed by atoms with E-state index in [1.807, 2.05) is 6.07 Å². The molecule has 158 valence electrons. The number of amides is 1. The second-order valence-corrected chi connectivity index (χ2v) is 7.53. The molecule has 1 atom stereocenters. The number of carbonyl (C=O) groups excluding carboxylic acids is 1. The van der Waals surface area contributed by atoms with Crippen molar-refractivity contribution in [3.8, 4) is 0 Å². The van der Waals surface area contributed by atoms with E-state index in [1.165, 1.54) is 29.3 Å². The summed E-state index contributed by atoms with van der Waals surface area (Å²) in [7, 11) is 0. The minimum Gasteiger partial charge on any atom is -0.481 e. The molecule has 1 aliphatic carbocycles. The fourth-order valence-electron chi connectivity index (χ4n) is 3.66. The first-order chi connectivity index (χ1) is 14.5. The lowest BCUT2D eigenvalue weighted by Crippen LogP contribution is -2.22. The Hall–Kier alpha value is -3.15. The number of halogens is 1. The number of benzene rings is 2. The fraction of sp³-hybridized carbons (Fsp3) is 0.333. The minimum atomic E-state index is -0.783. The summed E-state index contributed by atoms with van der Waals surface area (Å²) in [5.74, 6) is -1.18. The van der Waals surface area contributed by atoms with Crippen LogP contribution in [0.3, 0.4) is 0 Å². The maximum absolute atomic E-state index is 13.1.